The van der Waals surface area contributed by atoms with Gasteiger partial charge in [-0.2, -0.15) is 0 Å². The van der Waals surface area contributed by atoms with E-state index in [4.69, 9.17) is 4.74 Å². The number of allylic oxidation sites excluding steroid dienone is 1. The molecule has 2 N–H and O–H groups in total. The zero-order valence-corrected chi connectivity index (χ0v) is 12.0. The molecule has 0 saturated heterocycles. The number of amides is 1. The normalized spacial score (nSPS) is 18.3. The van der Waals surface area contributed by atoms with Crippen LogP contribution in [-0.4, -0.2) is 13.0 Å². The van der Waals surface area contributed by atoms with Crippen molar-refractivity contribution in [1.82, 2.24) is 0 Å². The second-order valence-electron chi connectivity index (χ2n) is 5.20. The van der Waals surface area contributed by atoms with E-state index in [-0.39, 0.29) is 5.91 Å². The van der Waals surface area contributed by atoms with Gasteiger partial charge in [-0.3, -0.25) is 4.79 Å². The minimum atomic E-state index is -0.102. The van der Waals surface area contributed by atoms with E-state index in [0.29, 0.717) is 5.57 Å². The molecule has 1 amide bonds. The molecular weight excluding hydrogens is 276 g/mol. The molecule has 0 unspecified atom stereocenters. The van der Waals surface area contributed by atoms with Gasteiger partial charge in [-0.05, 0) is 29.8 Å². The van der Waals surface area contributed by atoms with Crippen LogP contribution in [0, 0.1) is 0 Å². The summed E-state index contributed by atoms with van der Waals surface area (Å²) in [5.41, 5.74) is 5.24. The van der Waals surface area contributed by atoms with Gasteiger partial charge in [0.15, 0.2) is 0 Å². The average Bonchev–Trinajstić information content (AvgIpc) is 2.89. The average molecular weight is 290 g/mol. The lowest BCUT2D eigenvalue weighted by Crippen LogP contribution is -2.11. The number of benzene rings is 2. The molecule has 108 valence electrons. The van der Waals surface area contributed by atoms with Crippen molar-refractivity contribution >= 4 is 28.9 Å². The van der Waals surface area contributed by atoms with E-state index >= 15 is 0 Å². The third-order valence-electron chi connectivity index (χ3n) is 3.90. The molecule has 0 aromatic heterocycles. The first-order valence-electron chi connectivity index (χ1n) is 7.04. The highest BCUT2D eigenvalue weighted by Crippen LogP contribution is 2.38. The monoisotopic (exact) mass is 290 g/mol. The quantitative estimate of drug-likeness (QED) is 0.790. The second kappa shape index (κ2) is 4.77. The van der Waals surface area contributed by atoms with Gasteiger partial charge in [-0.15, -0.1) is 0 Å². The summed E-state index contributed by atoms with van der Waals surface area (Å²) in [5.74, 6) is 0.623. The first-order chi connectivity index (χ1) is 10.8. The summed E-state index contributed by atoms with van der Waals surface area (Å²) in [7, 11) is 1.61. The predicted molar refractivity (Wildman–Crippen MR) is 87.6 cm³/mol. The second-order valence-corrected chi connectivity index (χ2v) is 5.20. The van der Waals surface area contributed by atoms with Crippen LogP contribution in [0.25, 0.3) is 11.6 Å². The van der Waals surface area contributed by atoms with Gasteiger partial charge in [0.25, 0.3) is 5.91 Å². The van der Waals surface area contributed by atoms with Gasteiger partial charge in [0.05, 0.1) is 24.1 Å². The molecule has 4 heteroatoms. The largest absolute Gasteiger partial charge is 0.497 e. The van der Waals surface area contributed by atoms with E-state index in [9.17, 15) is 4.79 Å². The predicted octanol–water partition coefficient (Wildman–Crippen LogP) is 3.50. The molecule has 2 aliphatic rings. The summed E-state index contributed by atoms with van der Waals surface area (Å²) >= 11 is 0. The fourth-order valence-electron chi connectivity index (χ4n) is 2.81. The standard InChI is InChI=1S/C18H14N2O2/c1-22-12-7-8-13-16(10-12)20-18(21)17(13)15-9-6-11-4-2-3-5-14(11)19-15/h2-10,19H,1H3,(H,20,21)/b17-15-. The Morgan fingerprint density at radius 2 is 1.82 bits per heavy atom. The maximum absolute atomic E-state index is 12.4. The van der Waals surface area contributed by atoms with Crippen molar-refractivity contribution in [1.29, 1.82) is 0 Å². The van der Waals surface area contributed by atoms with Crippen molar-refractivity contribution < 1.29 is 9.53 Å². The van der Waals surface area contributed by atoms with Crippen LogP contribution in [-0.2, 0) is 4.79 Å². The molecule has 2 aromatic carbocycles. The zero-order chi connectivity index (χ0) is 15.1. The summed E-state index contributed by atoms with van der Waals surface area (Å²) < 4.78 is 5.20. The molecular formula is C18H14N2O2. The summed E-state index contributed by atoms with van der Waals surface area (Å²) in [4.78, 5) is 12.4. The Kier molecular flexibility index (Phi) is 2.76. The number of carbonyl (C=O) groups is 1. The molecule has 0 radical (unpaired) electrons. The summed E-state index contributed by atoms with van der Waals surface area (Å²) in [5, 5.41) is 6.23. The van der Waals surface area contributed by atoms with Crippen molar-refractivity contribution in [3.8, 4) is 5.75 Å². The SMILES string of the molecule is COc1ccc2c(c1)NC(=O)/C2=C1/C=Cc2ccccc2N1. The Morgan fingerprint density at radius 1 is 0.955 bits per heavy atom. The van der Waals surface area contributed by atoms with Gasteiger partial charge >= 0.3 is 0 Å². The molecule has 4 nitrogen and oxygen atoms in total. The molecule has 2 aromatic rings. The Labute approximate surface area is 128 Å². The Morgan fingerprint density at radius 3 is 2.68 bits per heavy atom. The number of hydrogen-bond acceptors (Lipinski definition) is 3. The van der Waals surface area contributed by atoms with Gasteiger partial charge in [0.1, 0.15) is 5.75 Å². The molecule has 2 aliphatic heterocycles. The molecule has 4 rings (SSSR count). The molecule has 2 heterocycles. The number of anilines is 2. The number of hydrogen-bond donors (Lipinski definition) is 2. The first kappa shape index (κ1) is 12.7. The van der Waals surface area contributed by atoms with E-state index in [0.717, 1.165) is 33.9 Å². The lowest BCUT2D eigenvalue weighted by atomic mass is 10.0. The van der Waals surface area contributed by atoms with Crippen LogP contribution in [0.5, 0.6) is 5.75 Å². The molecule has 0 fully saturated rings. The highest BCUT2D eigenvalue weighted by atomic mass is 16.5. The van der Waals surface area contributed by atoms with Crippen molar-refractivity contribution in [2.45, 2.75) is 0 Å². The molecule has 0 spiro atoms. The van der Waals surface area contributed by atoms with Gasteiger partial charge in [0, 0.05) is 17.3 Å². The molecule has 0 bridgehead atoms. The Hall–Kier alpha value is -3.01. The van der Waals surface area contributed by atoms with Crippen molar-refractivity contribution in [2.24, 2.45) is 0 Å². The number of nitrogens with one attached hydrogen (secondary N) is 2. The topological polar surface area (TPSA) is 50.4 Å². The van der Waals surface area contributed by atoms with E-state index in [1.54, 1.807) is 7.11 Å². The van der Waals surface area contributed by atoms with Crippen molar-refractivity contribution in [3.63, 3.8) is 0 Å². The number of carbonyl (C=O) groups excluding carboxylic acids is 1. The van der Waals surface area contributed by atoms with Crippen LogP contribution in [0.15, 0.2) is 54.2 Å². The lowest BCUT2D eigenvalue weighted by Gasteiger charge is -2.17. The van der Waals surface area contributed by atoms with Crippen LogP contribution >= 0.6 is 0 Å². The van der Waals surface area contributed by atoms with E-state index in [1.807, 2.05) is 54.6 Å². The van der Waals surface area contributed by atoms with E-state index in [2.05, 4.69) is 10.6 Å². The number of fused-ring (bicyclic) bond motifs is 2. The van der Waals surface area contributed by atoms with Gasteiger partial charge < -0.3 is 15.4 Å². The minimum absolute atomic E-state index is 0.102. The third-order valence-corrected chi connectivity index (χ3v) is 3.90. The Balaban J connectivity index is 1.83. The number of ether oxygens (including phenoxy) is 1. The van der Waals surface area contributed by atoms with E-state index < -0.39 is 0 Å². The van der Waals surface area contributed by atoms with Crippen molar-refractivity contribution in [2.75, 3.05) is 17.7 Å². The zero-order valence-electron chi connectivity index (χ0n) is 12.0. The maximum Gasteiger partial charge on any atom is 0.258 e. The number of para-hydroxylation sites is 1. The van der Waals surface area contributed by atoms with Gasteiger partial charge in [-0.25, -0.2) is 0 Å². The lowest BCUT2D eigenvalue weighted by molar-refractivity contribution is -0.110. The smallest absolute Gasteiger partial charge is 0.258 e. The summed E-state index contributed by atoms with van der Waals surface area (Å²) in [6, 6.07) is 13.6. The first-order valence-corrected chi connectivity index (χ1v) is 7.04. The highest BCUT2D eigenvalue weighted by Gasteiger charge is 2.28. The van der Waals surface area contributed by atoms with Gasteiger partial charge in [-0.1, -0.05) is 24.3 Å². The van der Waals surface area contributed by atoms with Crippen LogP contribution in [0.2, 0.25) is 0 Å². The fourth-order valence-corrected chi connectivity index (χ4v) is 2.81. The van der Waals surface area contributed by atoms with Crippen molar-refractivity contribution in [3.05, 3.63) is 65.4 Å². The minimum Gasteiger partial charge on any atom is -0.497 e. The van der Waals surface area contributed by atoms with Crippen LogP contribution in [0.1, 0.15) is 11.1 Å². The van der Waals surface area contributed by atoms with E-state index in [1.165, 1.54) is 0 Å². The molecule has 22 heavy (non-hydrogen) atoms. The highest BCUT2D eigenvalue weighted by molar-refractivity contribution is 6.33. The van der Waals surface area contributed by atoms with Crippen LogP contribution in [0.3, 0.4) is 0 Å². The number of rotatable bonds is 1. The molecule has 0 atom stereocenters. The van der Waals surface area contributed by atoms with Gasteiger partial charge in [0.2, 0.25) is 0 Å². The van der Waals surface area contributed by atoms with Crippen LogP contribution < -0.4 is 15.4 Å². The Bertz CT molecular complexity index is 850. The third kappa shape index (κ3) is 1.89. The maximum atomic E-state index is 12.4. The van der Waals surface area contributed by atoms with Crippen LogP contribution in [0.4, 0.5) is 11.4 Å². The summed E-state index contributed by atoms with van der Waals surface area (Å²) in [6.07, 6.45) is 3.96. The number of methoxy groups -OCH3 is 1. The molecule has 0 saturated carbocycles. The summed E-state index contributed by atoms with van der Waals surface area (Å²) in [6.45, 7) is 0. The fraction of sp³-hybridized carbons (Fsp3) is 0.0556. The molecule has 0 aliphatic carbocycles.